The number of hydrogen-bond acceptors (Lipinski definition) is 5. The molecule has 0 unspecified atom stereocenters. The molecule has 1 aliphatic heterocycles. The molecule has 0 spiro atoms. The van der Waals surface area contributed by atoms with Gasteiger partial charge in [0, 0.05) is 38.3 Å². The smallest absolute Gasteiger partial charge is 0.263 e. The van der Waals surface area contributed by atoms with Crippen LogP contribution in [0.1, 0.15) is 21.8 Å². The first kappa shape index (κ1) is 17.0. The van der Waals surface area contributed by atoms with Crippen LogP contribution in [0.15, 0.2) is 58.5 Å². The van der Waals surface area contributed by atoms with E-state index in [1.807, 2.05) is 52.7 Å². The van der Waals surface area contributed by atoms with Crippen LogP contribution in [0.25, 0.3) is 11.5 Å². The Balaban J connectivity index is 1.36. The second kappa shape index (κ2) is 7.85. The summed E-state index contributed by atoms with van der Waals surface area (Å²) < 4.78 is 5.63. The van der Waals surface area contributed by atoms with Crippen molar-refractivity contribution in [1.29, 1.82) is 0 Å². The molecule has 1 amide bonds. The average molecular weight is 367 g/mol. The molecular formula is C20H21N3O2S. The molecule has 4 rings (SSSR count). The van der Waals surface area contributed by atoms with Crippen molar-refractivity contribution in [1.82, 2.24) is 14.8 Å². The van der Waals surface area contributed by atoms with Crippen LogP contribution in [-0.4, -0.2) is 46.9 Å². The molecule has 0 N–H and O–H groups in total. The van der Waals surface area contributed by atoms with Gasteiger partial charge in [-0.05, 0) is 30.0 Å². The topological polar surface area (TPSA) is 49.6 Å². The number of rotatable bonds is 4. The molecule has 1 fully saturated rings. The number of carbonyl (C=O) groups is 1. The minimum atomic E-state index is 0.148. The second-order valence-electron chi connectivity index (χ2n) is 6.41. The van der Waals surface area contributed by atoms with Crippen molar-refractivity contribution < 1.29 is 9.21 Å². The van der Waals surface area contributed by atoms with Gasteiger partial charge in [0.25, 0.3) is 5.91 Å². The van der Waals surface area contributed by atoms with Crippen LogP contribution in [0.4, 0.5) is 0 Å². The molecular weight excluding hydrogens is 346 g/mol. The zero-order chi connectivity index (χ0) is 17.8. The average Bonchev–Trinajstić information content (AvgIpc) is 3.31. The van der Waals surface area contributed by atoms with Crippen molar-refractivity contribution in [2.45, 2.75) is 13.0 Å². The molecule has 1 aromatic carbocycles. The number of amides is 1. The lowest BCUT2D eigenvalue weighted by molar-refractivity contribution is 0.0766. The molecule has 6 heteroatoms. The maximum Gasteiger partial charge on any atom is 0.263 e. The number of nitrogens with zero attached hydrogens (tertiary/aromatic N) is 3. The Labute approximate surface area is 156 Å². The van der Waals surface area contributed by atoms with Crippen LogP contribution in [0.3, 0.4) is 0 Å². The molecule has 0 radical (unpaired) electrons. The van der Waals surface area contributed by atoms with Crippen molar-refractivity contribution in [3.63, 3.8) is 0 Å². The zero-order valence-corrected chi connectivity index (χ0v) is 15.3. The molecule has 0 atom stereocenters. The number of thiophene rings is 1. The minimum absolute atomic E-state index is 0.148. The monoisotopic (exact) mass is 367 g/mol. The van der Waals surface area contributed by atoms with E-state index in [0.29, 0.717) is 5.89 Å². The SMILES string of the molecule is O=C(c1cccs1)N1CCCN(Cc2coc(-c3ccccc3)n2)CC1. The highest BCUT2D eigenvalue weighted by Gasteiger charge is 2.21. The van der Waals surface area contributed by atoms with Crippen LogP contribution in [0.5, 0.6) is 0 Å². The molecule has 5 nitrogen and oxygen atoms in total. The van der Waals surface area contributed by atoms with Gasteiger partial charge in [-0.15, -0.1) is 11.3 Å². The summed E-state index contributed by atoms with van der Waals surface area (Å²) in [6, 6.07) is 13.8. The lowest BCUT2D eigenvalue weighted by Crippen LogP contribution is -2.34. The summed E-state index contributed by atoms with van der Waals surface area (Å²) in [6.45, 7) is 4.12. The van der Waals surface area contributed by atoms with E-state index in [2.05, 4.69) is 9.88 Å². The highest BCUT2D eigenvalue weighted by Crippen LogP contribution is 2.19. The van der Waals surface area contributed by atoms with E-state index in [4.69, 9.17) is 4.42 Å². The normalized spacial score (nSPS) is 15.8. The maximum atomic E-state index is 12.5. The molecule has 3 heterocycles. The predicted molar refractivity (Wildman–Crippen MR) is 102 cm³/mol. The van der Waals surface area contributed by atoms with Crippen molar-refractivity contribution in [3.8, 4) is 11.5 Å². The Morgan fingerprint density at radius 2 is 1.96 bits per heavy atom. The molecule has 1 aliphatic rings. The van der Waals surface area contributed by atoms with Gasteiger partial charge in [0.05, 0.1) is 10.6 Å². The Morgan fingerprint density at radius 3 is 2.77 bits per heavy atom. The van der Waals surface area contributed by atoms with Crippen molar-refractivity contribution in [3.05, 3.63) is 64.7 Å². The molecule has 2 aromatic heterocycles. The van der Waals surface area contributed by atoms with Gasteiger partial charge in [-0.25, -0.2) is 4.98 Å². The first-order chi connectivity index (χ1) is 12.8. The van der Waals surface area contributed by atoms with E-state index in [1.54, 1.807) is 6.26 Å². The number of carbonyl (C=O) groups excluding carboxylic acids is 1. The fraction of sp³-hybridized carbons (Fsp3) is 0.300. The van der Waals surface area contributed by atoms with Crippen LogP contribution in [0.2, 0.25) is 0 Å². The number of aromatic nitrogens is 1. The lowest BCUT2D eigenvalue weighted by atomic mass is 10.2. The quantitative estimate of drug-likeness (QED) is 0.705. The summed E-state index contributed by atoms with van der Waals surface area (Å²) in [4.78, 5) is 22.3. The highest BCUT2D eigenvalue weighted by molar-refractivity contribution is 7.12. The summed E-state index contributed by atoms with van der Waals surface area (Å²) in [5.74, 6) is 0.805. The molecule has 3 aromatic rings. The molecule has 26 heavy (non-hydrogen) atoms. The van der Waals surface area contributed by atoms with E-state index in [0.717, 1.165) is 55.3 Å². The summed E-state index contributed by atoms with van der Waals surface area (Å²) in [5, 5.41) is 1.95. The number of hydrogen-bond donors (Lipinski definition) is 0. The van der Waals surface area contributed by atoms with E-state index in [9.17, 15) is 4.79 Å². The fourth-order valence-electron chi connectivity index (χ4n) is 3.21. The van der Waals surface area contributed by atoms with Gasteiger partial charge in [0.2, 0.25) is 5.89 Å². The van der Waals surface area contributed by atoms with Gasteiger partial charge >= 0.3 is 0 Å². The summed E-state index contributed by atoms with van der Waals surface area (Å²) in [5.41, 5.74) is 1.92. The van der Waals surface area contributed by atoms with Gasteiger partial charge < -0.3 is 9.32 Å². The van der Waals surface area contributed by atoms with Gasteiger partial charge in [-0.3, -0.25) is 9.69 Å². The maximum absolute atomic E-state index is 12.5. The summed E-state index contributed by atoms with van der Waals surface area (Å²) in [6.07, 6.45) is 2.71. The van der Waals surface area contributed by atoms with Crippen molar-refractivity contribution >= 4 is 17.2 Å². The third-order valence-corrected chi connectivity index (χ3v) is 5.42. The van der Waals surface area contributed by atoms with Crippen LogP contribution in [-0.2, 0) is 6.54 Å². The van der Waals surface area contributed by atoms with Crippen LogP contribution < -0.4 is 0 Å². The Kier molecular flexibility index (Phi) is 5.13. The number of oxazole rings is 1. The summed E-state index contributed by atoms with van der Waals surface area (Å²) in [7, 11) is 0. The van der Waals surface area contributed by atoms with E-state index in [-0.39, 0.29) is 5.91 Å². The Hall–Kier alpha value is -2.44. The van der Waals surface area contributed by atoms with E-state index in [1.165, 1.54) is 11.3 Å². The molecule has 0 bridgehead atoms. The van der Waals surface area contributed by atoms with Crippen LogP contribution >= 0.6 is 11.3 Å². The number of benzene rings is 1. The third-order valence-electron chi connectivity index (χ3n) is 4.57. The van der Waals surface area contributed by atoms with Gasteiger partial charge in [-0.2, -0.15) is 0 Å². The Bertz CT molecular complexity index is 845. The first-order valence-corrected chi connectivity index (χ1v) is 9.72. The minimum Gasteiger partial charge on any atom is -0.444 e. The largest absolute Gasteiger partial charge is 0.444 e. The molecule has 1 saturated heterocycles. The van der Waals surface area contributed by atoms with Gasteiger partial charge in [0.15, 0.2) is 0 Å². The highest BCUT2D eigenvalue weighted by atomic mass is 32.1. The predicted octanol–water partition coefficient (Wildman–Crippen LogP) is 3.75. The summed E-state index contributed by atoms with van der Waals surface area (Å²) >= 11 is 1.51. The first-order valence-electron chi connectivity index (χ1n) is 8.84. The van der Waals surface area contributed by atoms with Gasteiger partial charge in [0.1, 0.15) is 6.26 Å². The molecule has 0 aliphatic carbocycles. The lowest BCUT2D eigenvalue weighted by Gasteiger charge is -2.20. The van der Waals surface area contributed by atoms with Crippen molar-refractivity contribution in [2.75, 3.05) is 26.2 Å². The van der Waals surface area contributed by atoms with Gasteiger partial charge in [-0.1, -0.05) is 24.3 Å². The standard InChI is InChI=1S/C20H21N3O2S/c24-20(18-8-4-13-26-18)23-10-5-9-22(11-12-23)14-17-15-25-19(21-17)16-6-2-1-3-7-16/h1-4,6-8,13,15H,5,9-12,14H2. The molecule has 0 saturated carbocycles. The third kappa shape index (κ3) is 3.86. The second-order valence-corrected chi connectivity index (χ2v) is 7.36. The molecule has 134 valence electrons. The van der Waals surface area contributed by atoms with E-state index < -0.39 is 0 Å². The zero-order valence-electron chi connectivity index (χ0n) is 14.5. The Morgan fingerprint density at radius 1 is 1.08 bits per heavy atom. The van der Waals surface area contributed by atoms with E-state index >= 15 is 0 Å². The fourth-order valence-corrected chi connectivity index (χ4v) is 3.90. The van der Waals surface area contributed by atoms with Crippen molar-refractivity contribution in [2.24, 2.45) is 0 Å². The van der Waals surface area contributed by atoms with Crippen LogP contribution in [0, 0.1) is 0 Å².